The Morgan fingerprint density at radius 1 is 0.969 bits per heavy atom. The van der Waals surface area contributed by atoms with Crippen molar-refractivity contribution in [3.8, 4) is 17.0 Å². The maximum atomic E-state index is 13.3. The van der Waals surface area contributed by atoms with Crippen LogP contribution in [0.4, 0.5) is 32.0 Å². The van der Waals surface area contributed by atoms with Crippen LogP contribution in [0.1, 0.15) is 21.5 Å². The van der Waals surface area contributed by atoms with Crippen LogP contribution in [0.25, 0.3) is 11.3 Å². The predicted molar refractivity (Wildman–Crippen MR) is 106 cm³/mol. The molecule has 0 aliphatic carbocycles. The molecule has 1 aromatic heterocycles. The first-order valence-electron chi connectivity index (χ1n) is 8.80. The fourth-order valence-corrected chi connectivity index (χ4v) is 3.12. The Balaban J connectivity index is 1.95. The number of nitrogens with one attached hydrogen (secondary N) is 1. The molecule has 1 heterocycles. The first-order chi connectivity index (χ1) is 14.9. The minimum Gasteiger partial charge on any atom is -0.496 e. The van der Waals surface area contributed by atoms with Crippen LogP contribution in [0.5, 0.6) is 5.75 Å². The van der Waals surface area contributed by atoms with Gasteiger partial charge >= 0.3 is 12.4 Å². The molecule has 0 radical (unpaired) electrons. The molecule has 0 bridgehead atoms. The van der Waals surface area contributed by atoms with E-state index in [0.717, 1.165) is 18.2 Å². The van der Waals surface area contributed by atoms with Gasteiger partial charge in [0.1, 0.15) is 5.75 Å². The Bertz CT molecular complexity index is 1160. The topological polar surface area (TPSA) is 51.2 Å². The van der Waals surface area contributed by atoms with Crippen molar-refractivity contribution in [2.45, 2.75) is 12.4 Å². The van der Waals surface area contributed by atoms with Gasteiger partial charge in [-0.3, -0.25) is 9.78 Å². The molecule has 0 saturated heterocycles. The molecule has 2 aromatic carbocycles. The van der Waals surface area contributed by atoms with Gasteiger partial charge in [0.05, 0.1) is 29.0 Å². The largest absolute Gasteiger partial charge is 0.496 e. The first-order valence-corrected chi connectivity index (χ1v) is 9.18. The lowest BCUT2D eigenvalue weighted by atomic mass is 10.0. The van der Waals surface area contributed by atoms with Crippen LogP contribution in [0.15, 0.2) is 54.7 Å². The summed E-state index contributed by atoms with van der Waals surface area (Å²) in [6.07, 6.45) is -8.21. The quantitative estimate of drug-likeness (QED) is 0.428. The Hall–Kier alpha value is -3.27. The van der Waals surface area contributed by atoms with Crippen LogP contribution < -0.4 is 10.1 Å². The highest BCUT2D eigenvalue weighted by Crippen LogP contribution is 2.39. The fraction of sp³-hybridized carbons (Fsp3) is 0.143. The number of amides is 1. The van der Waals surface area contributed by atoms with Gasteiger partial charge in [-0.2, -0.15) is 26.3 Å². The lowest BCUT2D eigenvalue weighted by molar-refractivity contribution is -0.138. The standard InChI is InChI=1S/C21H13ClF6N2O2/c1-32-17-9-11(4-6-13(17)18-14(20(23,24)25)3-2-8-29-18)19(31)30-12-5-7-16(22)15(10-12)21(26,27)28/h2-10H,1H3,(H,30,31). The molecule has 0 atom stereocenters. The van der Waals surface area contributed by atoms with Crippen molar-refractivity contribution in [2.75, 3.05) is 12.4 Å². The summed E-state index contributed by atoms with van der Waals surface area (Å²) < 4.78 is 84.2. The van der Waals surface area contributed by atoms with Gasteiger partial charge in [0.25, 0.3) is 5.91 Å². The van der Waals surface area contributed by atoms with E-state index in [2.05, 4.69) is 10.3 Å². The summed E-state index contributed by atoms with van der Waals surface area (Å²) >= 11 is 5.56. The molecule has 0 spiro atoms. The van der Waals surface area contributed by atoms with Gasteiger partial charge < -0.3 is 10.1 Å². The number of hydrogen-bond acceptors (Lipinski definition) is 3. The number of rotatable bonds is 4. The molecule has 0 saturated carbocycles. The summed E-state index contributed by atoms with van der Waals surface area (Å²) in [7, 11) is 1.20. The van der Waals surface area contributed by atoms with Gasteiger partial charge in [0, 0.05) is 23.0 Å². The molecule has 3 rings (SSSR count). The van der Waals surface area contributed by atoms with Gasteiger partial charge in [-0.15, -0.1) is 0 Å². The van der Waals surface area contributed by atoms with Crippen molar-refractivity contribution in [3.63, 3.8) is 0 Å². The molecule has 168 valence electrons. The zero-order valence-corrected chi connectivity index (χ0v) is 16.9. The van der Waals surface area contributed by atoms with Gasteiger partial charge in [-0.25, -0.2) is 0 Å². The number of hydrogen-bond donors (Lipinski definition) is 1. The summed E-state index contributed by atoms with van der Waals surface area (Å²) in [5, 5.41) is 1.77. The van der Waals surface area contributed by atoms with E-state index < -0.39 is 40.1 Å². The second kappa shape index (κ2) is 8.70. The lowest BCUT2D eigenvalue weighted by Crippen LogP contribution is -2.14. The number of pyridine rings is 1. The number of anilines is 1. The minimum absolute atomic E-state index is 0.0113. The average Bonchev–Trinajstić information content (AvgIpc) is 2.73. The second-order valence-corrected chi connectivity index (χ2v) is 6.87. The number of nitrogens with zero attached hydrogens (tertiary/aromatic N) is 1. The SMILES string of the molecule is COc1cc(C(=O)Nc2ccc(Cl)c(C(F)(F)F)c2)ccc1-c1ncccc1C(F)(F)F. The zero-order chi connectivity index (χ0) is 23.7. The molecular formula is C21H13ClF6N2O2. The smallest absolute Gasteiger partial charge is 0.418 e. The van der Waals surface area contributed by atoms with Crippen LogP contribution >= 0.6 is 11.6 Å². The van der Waals surface area contributed by atoms with E-state index in [-0.39, 0.29) is 22.6 Å². The maximum absolute atomic E-state index is 13.3. The predicted octanol–water partition coefficient (Wildman–Crippen LogP) is 6.70. The number of benzene rings is 2. The maximum Gasteiger partial charge on any atom is 0.418 e. The van der Waals surface area contributed by atoms with Crippen molar-refractivity contribution in [2.24, 2.45) is 0 Å². The zero-order valence-electron chi connectivity index (χ0n) is 16.1. The van der Waals surface area contributed by atoms with E-state index in [9.17, 15) is 31.1 Å². The van der Waals surface area contributed by atoms with Crippen molar-refractivity contribution in [3.05, 3.63) is 76.4 Å². The molecular weight excluding hydrogens is 462 g/mol. The number of alkyl halides is 6. The fourth-order valence-electron chi connectivity index (χ4n) is 2.90. The highest BCUT2D eigenvalue weighted by atomic mass is 35.5. The molecule has 0 fully saturated rings. The van der Waals surface area contributed by atoms with Crippen molar-refractivity contribution < 1.29 is 35.9 Å². The Kier molecular flexibility index (Phi) is 6.36. The van der Waals surface area contributed by atoms with E-state index in [1.54, 1.807) is 0 Å². The summed E-state index contributed by atoms with van der Waals surface area (Å²) in [5.41, 5.74) is -2.74. The van der Waals surface area contributed by atoms with Crippen LogP contribution in [-0.2, 0) is 12.4 Å². The van der Waals surface area contributed by atoms with Gasteiger partial charge in [-0.05, 0) is 48.5 Å². The highest BCUT2D eigenvalue weighted by molar-refractivity contribution is 6.31. The van der Waals surface area contributed by atoms with Crippen LogP contribution in [0.3, 0.4) is 0 Å². The van der Waals surface area contributed by atoms with Crippen LogP contribution in [0.2, 0.25) is 5.02 Å². The van der Waals surface area contributed by atoms with E-state index in [4.69, 9.17) is 16.3 Å². The van der Waals surface area contributed by atoms with Gasteiger partial charge in [0.2, 0.25) is 0 Å². The number of halogens is 7. The monoisotopic (exact) mass is 474 g/mol. The summed E-state index contributed by atoms with van der Waals surface area (Å²) in [6, 6.07) is 8.45. The van der Waals surface area contributed by atoms with Crippen molar-refractivity contribution >= 4 is 23.2 Å². The average molecular weight is 475 g/mol. The van der Waals surface area contributed by atoms with Crippen LogP contribution in [0, 0.1) is 0 Å². The van der Waals surface area contributed by atoms with E-state index in [0.29, 0.717) is 6.07 Å². The normalized spacial score (nSPS) is 11.9. The Labute approximate surface area is 182 Å². The Morgan fingerprint density at radius 2 is 1.66 bits per heavy atom. The molecule has 1 amide bonds. The summed E-state index contributed by atoms with van der Waals surface area (Å²) in [6.45, 7) is 0. The Morgan fingerprint density at radius 3 is 2.28 bits per heavy atom. The minimum atomic E-state index is -4.72. The highest BCUT2D eigenvalue weighted by Gasteiger charge is 2.35. The second-order valence-electron chi connectivity index (χ2n) is 6.46. The van der Waals surface area contributed by atoms with E-state index >= 15 is 0 Å². The summed E-state index contributed by atoms with van der Waals surface area (Å²) in [4.78, 5) is 16.3. The molecule has 4 nitrogen and oxygen atoms in total. The van der Waals surface area contributed by atoms with Crippen molar-refractivity contribution in [1.82, 2.24) is 4.98 Å². The molecule has 32 heavy (non-hydrogen) atoms. The first kappa shape index (κ1) is 23.4. The van der Waals surface area contributed by atoms with Gasteiger partial charge in [0.15, 0.2) is 0 Å². The molecule has 0 aliphatic rings. The molecule has 0 unspecified atom stereocenters. The third kappa shape index (κ3) is 4.96. The number of methoxy groups -OCH3 is 1. The molecule has 0 aliphatic heterocycles. The molecule has 11 heteroatoms. The number of ether oxygens (including phenoxy) is 1. The number of aromatic nitrogens is 1. The number of carbonyl (C=O) groups excluding carboxylic acids is 1. The van der Waals surface area contributed by atoms with Gasteiger partial charge in [-0.1, -0.05) is 11.6 Å². The third-order valence-corrected chi connectivity index (χ3v) is 4.69. The van der Waals surface area contributed by atoms with E-state index in [1.165, 1.54) is 37.6 Å². The van der Waals surface area contributed by atoms with E-state index in [1.807, 2.05) is 0 Å². The number of carbonyl (C=O) groups is 1. The third-order valence-electron chi connectivity index (χ3n) is 4.36. The molecule has 1 N–H and O–H groups in total. The summed E-state index contributed by atoms with van der Waals surface area (Å²) in [5.74, 6) is -0.878. The van der Waals surface area contributed by atoms with Crippen molar-refractivity contribution in [1.29, 1.82) is 0 Å². The molecule has 3 aromatic rings. The van der Waals surface area contributed by atoms with Crippen LogP contribution in [-0.4, -0.2) is 18.0 Å². The lowest BCUT2D eigenvalue weighted by Gasteiger charge is -2.15.